The summed E-state index contributed by atoms with van der Waals surface area (Å²) in [7, 11) is -3.87. The van der Waals surface area contributed by atoms with Gasteiger partial charge in [0.2, 0.25) is 11.8 Å². The van der Waals surface area contributed by atoms with E-state index in [1.54, 1.807) is 44.2 Å². The largest absolute Gasteiger partial charge is 0.390 e. The minimum atomic E-state index is -3.87. The van der Waals surface area contributed by atoms with Crippen LogP contribution in [0.2, 0.25) is 0 Å². The predicted molar refractivity (Wildman–Crippen MR) is 194 cm³/mol. The van der Waals surface area contributed by atoms with Crippen molar-refractivity contribution in [1.29, 1.82) is 0 Å². The molecule has 0 aliphatic carbocycles. The van der Waals surface area contributed by atoms with Crippen molar-refractivity contribution in [2.45, 2.75) is 95.9 Å². The first kappa shape index (κ1) is 40.3. The van der Waals surface area contributed by atoms with Crippen LogP contribution in [0.4, 0.5) is 0 Å². The zero-order valence-corrected chi connectivity index (χ0v) is 30.2. The van der Waals surface area contributed by atoms with Crippen molar-refractivity contribution < 1.29 is 33.0 Å². The molecule has 3 amide bonds. The summed E-state index contributed by atoms with van der Waals surface area (Å²) in [6, 6.07) is 18.6. The second kappa shape index (κ2) is 19.9. The lowest BCUT2D eigenvalue weighted by atomic mass is 9.83. The molecular weight excluding hydrogens is 657 g/mol. The number of rotatable bonds is 20. The van der Waals surface area contributed by atoms with E-state index in [0.717, 1.165) is 5.56 Å². The highest BCUT2D eigenvalue weighted by Crippen LogP contribution is 2.23. The van der Waals surface area contributed by atoms with Crippen LogP contribution in [0.1, 0.15) is 74.9 Å². The zero-order chi connectivity index (χ0) is 36.7. The Balaban J connectivity index is 1.93. The molecule has 0 saturated heterocycles. The van der Waals surface area contributed by atoms with Crippen LogP contribution < -0.4 is 16.0 Å². The second-order valence-corrected chi connectivity index (χ2v) is 15.4. The smallest absolute Gasteiger partial charge is 0.253 e. The number of benzene rings is 2. The number of aliphatic hydroxyl groups is 2. The Kier molecular flexibility index (Phi) is 16.0. The molecular formula is C38H52N4O7S. The van der Waals surface area contributed by atoms with Crippen LogP contribution in [0.25, 0.3) is 0 Å². The first-order valence-corrected chi connectivity index (χ1v) is 19.0. The Bertz CT molecular complexity index is 1590. The molecule has 0 radical (unpaired) electrons. The molecule has 0 bridgehead atoms. The molecule has 1 unspecified atom stereocenters. The lowest BCUT2D eigenvalue weighted by Gasteiger charge is -2.34. The number of aromatic nitrogens is 1. The zero-order valence-electron chi connectivity index (χ0n) is 29.4. The number of amides is 3. The molecule has 5 atom stereocenters. The van der Waals surface area contributed by atoms with E-state index in [2.05, 4.69) is 20.9 Å². The SMILES string of the molecule is CCCC(CCC)S(=O)(=O)CC(NC(=O)c1cccnc1)C(=O)N[C@@H](Cc1ccccc1)[C@@H](O)[C@H](O)[C@H](C(=O)NCc1ccccc1)C(C)C. The summed E-state index contributed by atoms with van der Waals surface area (Å²) >= 11 is 0. The molecule has 3 rings (SSSR count). The maximum atomic E-state index is 14.1. The Morgan fingerprint density at radius 2 is 1.38 bits per heavy atom. The average Bonchev–Trinajstić information content (AvgIpc) is 3.10. The van der Waals surface area contributed by atoms with Gasteiger partial charge in [-0.1, -0.05) is 101 Å². The van der Waals surface area contributed by atoms with Gasteiger partial charge in [0.25, 0.3) is 5.91 Å². The van der Waals surface area contributed by atoms with Crippen molar-refractivity contribution in [2.75, 3.05) is 5.75 Å². The van der Waals surface area contributed by atoms with Crippen molar-refractivity contribution in [3.8, 4) is 0 Å². The number of sulfone groups is 1. The highest BCUT2D eigenvalue weighted by molar-refractivity contribution is 7.92. The second-order valence-electron chi connectivity index (χ2n) is 13.1. The number of pyridine rings is 1. The average molecular weight is 709 g/mol. The van der Waals surface area contributed by atoms with Crippen molar-refractivity contribution in [3.05, 3.63) is 102 Å². The minimum absolute atomic E-state index is 0.0472. The van der Waals surface area contributed by atoms with Gasteiger partial charge in [-0.25, -0.2) is 8.42 Å². The molecule has 0 saturated carbocycles. The summed E-state index contributed by atoms with van der Waals surface area (Å²) in [5, 5.41) is 30.7. The molecule has 3 aromatic rings. The number of nitrogens with one attached hydrogen (secondary N) is 3. The normalized spacial score (nSPS) is 14.7. The van der Waals surface area contributed by atoms with Crippen LogP contribution in [-0.4, -0.2) is 76.6 Å². The first-order valence-electron chi connectivity index (χ1n) is 17.3. The van der Waals surface area contributed by atoms with E-state index in [4.69, 9.17) is 0 Å². The number of carbonyl (C=O) groups is 3. The molecule has 50 heavy (non-hydrogen) atoms. The third kappa shape index (κ3) is 12.0. The Morgan fingerprint density at radius 3 is 1.92 bits per heavy atom. The lowest BCUT2D eigenvalue weighted by molar-refractivity contribution is -0.136. The van der Waals surface area contributed by atoms with Crippen LogP contribution >= 0.6 is 0 Å². The summed E-state index contributed by atoms with van der Waals surface area (Å²) in [5.74, 6) is -4.11. The first-order chi connectivity index (χ1) is 23.9. The molecule has 0 aliphatic rings. The maximum Gasteiger partial charge on any atom is 0.253 e. The van der Waals surface area contributed by atoms with Crippen molar-refractivity contribution in [1.82, 2.24) is 20.9 Å². The van der Waals surface area contributed by atoms with Gasteiger partial charge in [-0.15, -0.1) is 0 Å². The predicted octanol–water partition coefficient (Wildman–Crippen LogP) is 3.60. The van der Waals surface area contributed by atoms with Crippen molar-refractivity contribution in [3.63, 3.8) is 0 Å². The Morgan fingerprint density at radius 1 is 0.780 bits per heavy atom. The standard InChI is InChI=1S/C38H52N4O7S/c1-5-14-30(15-6-2)50(48,49)25-32(42-36(45)29-20-13-21-39-24-29)37(46)41-31(22-27-16-9-7-10-17-27)34(43)35(44)33(26(3)4)38(47)40-23-28-18-11-8-12-19-28/h7-13,16-21,24,26,30-35,43-44H,5-6,14-15,22-23,25H2,1-4H3,(H,40,47)(H,41,46)(H,42,45)/t31-,32?,33+,34+,35+/m0/s1. The summed E-state index contributed by atoms with van der Waals surface area (Å²) in [6.45, 7) is 7.51. The minimum Gasteiger partial charge on any atom is -0.390 e. The molecule has 12 heteroatoms. The van der Waals surface area contributed by atoms with Gasteiger partial charge in [0, 0.05) is 18.9 Å². The number of aliphatic hydroxyl groups excluding tert-OH is 2. The van der Waals surface area contributed by atoms with Gasteiger partial charge in [-0.3, -0.25) is 19.4 Å². The summed E-state index contributed by atoms with van der Waals surface area (Å²) in [5.41, 5.74) is 1.72. The number of carbonyl (C=O) groups excluding carboxylic acids is 3. The number of hydrogen-bond donors (Lipinski definition) is 5. The van der Waals surface area contributed by atoms with Gasteiger partial charge < -0.3 is 26.2 Å². The van der Waals surface area contributed by atoms with Crippen LogP contribution in [-0.2, 0) is 32.4 Å². The molecule has 5 N–H and O–H groups in total. The van der Waals surface area contributed by atoms with Crippen LogP contribution in [0.3, 0.4) is 0 Å². The highest BCUT2D eigenvalue weighted by atomic mass is 32.2. The molecule has 11 nitrogen and oxygen atoms in total. The molecule has 0 fully saturated rings. The van der Waals surface area contributed by atoms with Crippen molar-refractivity contribution >= 4 is 27.6 Å². The fraction of sp³-hybridized carbons (Fsp3) is 0.474. The van der Waals surface area contributed by atoms with Crippen LogP contribution in [0.5, 0.6) is 0 Å². The van der Waals surface area contributed by atoms with E-state index in [0.29, 0.717) is 31.2 Å². The third-order valence-electron chi connectivity index (χ3n) is 8.76. The van der Waals surface area contributed by atoms with E-state index < -0.39 is 74.7 Å². The van der Waals surface area contributed by atoms with Crippen LogP contribution in [0.15, 0.2) is 85.2 Å². The molecule has 1 aromatic heterocycles. The van der Waals surface area contributed by atoms with E-state index in [9.17, 15) is 33.0 Å². The monoisotopic (exact) mass is 708 g/mol. The van der Waals surface area contributed by atoms with Gasteiger partial charge in [-0.2, -0.15) is 0 Å². The van der Waals surface area contributed by atoms with E-state index in [1.165, 1.54) is 18.5 Å². The fourth-order valence-electron chi connectivity index (χ4n) is 6.05. The Hall–Kier alpha value is -4.13. The third-order valence-corrected chi connectivity index (χ3v) is 11.0. The van der Waals surface area contributed by atoms with E-state index >= 15 is 0 Å². The summed E-state index contributed by atoms with van der Waals surface area (Å²) in [4.78, 5) is 44.7. The Labute approximate surface area is 296 Å². The van der Waals surface area contributed by atoms with Gasteiger partial charge >= 0.3 is 0 Å². The quantitative estimate of drug-likeness (QED) is 0.118. The van der Waals surface area contributed by atoms with Gasteiger partial charge in [0.05, 0.1) is 34.6 Å². The number of hydrogen-bond acceptors (Lipinski definition) is 8. The van der Waals surface area contributed by atoms with E-state index in [-0.39, 0.29) is 18.5 Å². The molecule has 0 aliphatic heterocycles. The van der Waals surface area contributed by atoms with Gasteiger partial charge in [-0.05, 0) is 48.4 Å². The summed E-state index contributed by atoms with van der Waals surface area (Å²) < 4.78 is 27.4. The molecule has 1 heterocycles. The molecule has 0 spiro atoms. The topological polar surface area (TPSA) is 175 Å². The van der Waals surface area contributed by atoms with Crippen LogP contribution in [0, 0.1) is 11.8 Å². The van der Waals surface area contributed by atoms with E-state index in [1.807, 2.05) is 50.2 Å². The number of nitrogens with zero attached hydrogens (tertiary/aromatic N) is 1. The van der Waals surface area contributed by atoms with Gasteiger partial charge in [0.1, 0.15) is 12.1 Å². The lowest BCUT2D eigenvalue weighted by Crippen LogP contribution is -2.59. The molecule has 2 aromatic carbocycles. The molecule has 272 valence electrons. The maximum absolute atomic E-state index is 14.1. The van der Waals surface area contributed by atoms with Crippen molar-refractivity contribution in [2.24, 2.45) is 11.8 Å². The summed E-state index contributed by atoms with van der Waals surface area (Å²) in [6.07, 6.45) is 1.66. The fourth-order valence-corrected chi connectivity index (χ4v) is 8.21. The van der Waals surface area contributed by atoms with Gasteiger partial charge in [0.15, 0.2) is 9.84 Å². The highest BCUT2D eigenvalue weighted by Gasteiger charge is 2.40.